The van der Waals surface area contributed by atoms with E-state index in [9.17, 15) is 9.59 Å². The summed E-state index contributed by atoms with van der Waals surface area (Å²) in [6.45, 7) is 4.30. The number of hydrogen-bond donors (Lipinski definition) is 2. The van der Waals surface area contributed by atoms with E-state index in [1.165, 1.54) is 0 Å². The molecule has 1 saturated heterocycles. The zero-order chi connectivity index (χ0) is 15.2. The third-order valence-corrected chi connectivity index (χ3v) is 3.87. The van der Waals surface area contributed by atoms with Gasteiger partial charge in [-0.3, -0.25) is 9.59 Å². The summed E-state index contributed by atoms with van der Waals surface area (Å²) >= 11 is 0. The van der Waals surface area contributed by atoms with Gasteiger partial charge in [0.15, 0.2) is 0 Å². The van der Waals surface area contributed by atoms with Crippen molar-refractivity contribution in [1.82, 2.24) is 10.2 Å². The Kier molecular flexibility index (Phi) is 5.33. The molecule has 0 aromatic heterocycles. The summed E-state index contributed by atoms with van der Waals surface area (Å²) in [4.78, 5) is 25.7. The van der Waals surface area contributed by atoms with Crippen LogP contribution in [0.25, 0.3) is 0 Å². The highest BCUT2D eigenvalue weighted by atomic mass is 16.2. The lowest BCUT2D eigenvalue weighted by Crippen LogP contribution is -2.40. The van der Waals surface area contributed by atoms with E-state index in [1.54, 1.807) is 11.9 Å². The van der Waals surface area contributed by atoms with Crippen molar-refractivity contribution in [3.05, 3.63) is 29.8 Å². The molecule has 2 N–H and O–H groups in total. The fourth-order valence-corrected chi connectivity index (χ4v) is 2.46. The van der Waals surface area contributed by atoms with Crippen LogP contribution in [-0.2, 0) is 16.1 Å². The quantitative estimate of drug-likeness (QED) is 0.865. The summed E-state index contributed by atoms with van der Waals surface area (Å²) in [5, 5.41) is 6.23. The van der Waals surface area contributed by atoms with Crippen molar-refractivity contribution in [3.8, 4) is 0 Å². The largest absolute Gasteiger partial charge is 0.346 e. The van der Waals surface area contributed by atoms with Crippen molar-refractivity contribution in [3.63, 3.8) is 0 Å². The number of likely N-dealkylation sites (tertiary alicyclic amines) is 1. The number of hydrogen-bond acceptors (Lipinski definition) is 3. The number of carbonyl (C=O) groups excluding carboxylic acids is 2. The van der Waals surface area contributed by atoms with Crippen LogP contribution in [0.15, 0.2) is 24.3 Å². The van der Waals surface area contributed by atoms with Gasteiger partial charge in [0, 0.05) is 38.2 Å². The molecule has 1 fully saturated rings. The molecule has 1 heterocycles. The van der Waals surface area contributed by atoms with E-state index in [1.807, 2.05) is 31.2 Å². The lowest BCUT2D eigenvalue weighted by atomic mass is 9.95. The number of piperidine rings is 1. The Morgan fingerprint density at radius 3 is 2.86 bits per heavy atom. The number of anilines is 1. The Bertz CT molecular complexity index is 516. The third-order valence-electron chi connectivity index (χ3n) is 3.87. The first kappa shape index (κ1) is 15.5. The average molecular weight is 289 g/mol. The maximum Gasteiger partial charge on any atom is 0.228 e. The van der Waals surface area contributed by atoms with Crippen molar-refractivity contribution < 1.29 is 9.59 Å². The smallest absolute Gasteiger partial charge is 0.228 e. The van der Waals surface area contributed by atoms with Crippen molar-refractivity contribution >= 4 is 17.5 Å². The van der Waals surface area contributed by atoms with Gasteiger partial charge < -0.3 is 15.5 Å². The van der Waals surface area contributed by atoms with Gasteiger partial charge >= 0.3 is 0 Å². The Balaban J connectivity index is 2.01. The molecule has 1 aromatic rings. The van der Waals surface area contributed by atoms with Gasteiger partial charge in [-0.2, -0.15) is 0 Å². The molecule has 0 saturated carbocycles. The molecule has 1 atom stereocenters. The number of benzene rings is 1. The normalized spacial score (nSPS) is 18.7. The Morgan fingerprint density at radius 2 is 2.14 bits per heavy atom. The molecule has 0 spiro atoms. The lowest BCUT2D eigenvalue weighted by molar-refractivity contribution is -0.137. The van der Waals surface area contributed by atoms with Crippen molar-refractivity contribution in [2.24, 2.45) is 5.92 Å². The van der Waals surface area contributed by atoms with Crippen molar-refractivity contribution in [1.29, 1.82) is 0 Å². The van der Waals surface area contributed by atoms with Gasteiger partial charge in [0.1, 0.15) is 0 Å². The van der Waals surface area contributed by atoms with Crippen molar-refractivity contribution in [2.75, 3.05) is 25.5 Å². The topological polar surface area (TPSA) is 61.4 Å². The van der Waals surface area contributed by atoms with E-state index >= 15 is 0 Å². The molecular formula is C16H23N3O2. The summed E-state index contributed by atoms with van der Waals surface area (Å²) in [6, 6.07) is 7.77. The standard InChI is InChI=1S/C16H23N3O2/c1-3-17-11-13-6-4-5-7-14(13)18-16(21)12-8-9-19(2)15(20)10-12/h4-7,12,17H,3,8-11H2,1-2H3,(H,18,21). The van der Waals surface area contributed by atoms with Crippen LogP contribution in [-0.4, -0.2) is 36.9 Å². The minimum Gasteiger partial charge on any atom is -0.346 e. The number of para-hydroxylation sites is 1. The Morgan fingerprint density at radius 1 is 1.38 bits per heavy atom. The average Bonchev–Trinajstić information content (AvgIpc) is 2.49. The number of amides is 2. The zero-order valence-electron chi connectivity index (χ0n) is 12.7. The summed E-state index contributed by atoms with van der Waals surface area (Å²) in [5.41, 5.74) is 1.89. The first-order chi connectivity index (χ1) is 10.1. The molecule has 2 amide bonds. The van der Waals surface area contributed by atoms with Gasteiger partial charge in [-0.15, -0.1) is 0 Å². The van der Waals surface area contributed by atoms with Gasteiger partial charge in [-0.25, -0.2) is 0 Å². The number of carbonyl (C=O) groups is 2. The lowest BCUT2D eigenvalue weighted by Gasteiger charge is -2.28. The van der Waals surface area contributed by atoms with E-state index < -0.39 is 0 Å². The highest BCUT2D eigenvalue weighted by Gasteiger charge is 2.28. The number of nitrogens with zero attached hydrogens (tertiary/aromatic N) is 1. The van der Waals surface area contributed by atoms with Gasteiger partial charge in [-0.1, -0.05) is 25.1 Å². The van der Waals surface area contributed by atoms with Gasteiger partial charge in [0.2, 0.25) is 11.8 Å². The minimum atomic E-state index is -0.221. The maximum atomic E-state index is 12.3. The van der Waals surface area contributed by atoms with Crippen molar-refractivity contribution in [2.45, 2.75) is 26.3 Å². The first-order valence-electron chi connectivity index (χ1n) is 7.45. The second-order valence-corrected chi connectivity index (χ2v) is 5.43. The van der Waals surface area contributed by atoms with Crippen LogP contribution < -0.4 is 10.6 Å². The molecule has 5 heteroatoms. The van der Waals surface area contributed by atoms with Crippen LogP contribution in [0.3, 0.4) is 0 Å². The molecule has 1 aromatic carbocycles. The summed E-state index contributed by atoms with van der Waals surface area (Å²) in [7, 11) is 1.78. The van der Waals surface area contributed by atoms with Gasteiger partial charge in [-0.05, 0) is 24.6 Å². The highest BCUT2D eigenvalue weighted by molar-refractivity contribution is 5.96. The zero-order valence-corrected chi connectivity index (χ0v) is 12.7. The molecular weight excluding hydrogens is 266 g/mol. The predicted octanol–water partition coefficient (Wildman–Crippen LogP) is 1.60. The van der Waals surface area contributed by atoms with Crippen LogP contribution in [0.4, 0.5) is 5.69 Å². The van der Waals surface area contributed by atoms with E-state index in [4.69, 9.17) is 0 Å². The highest BCUT2D eigenvalue weighted by Crippen LogP contribution is 2.21. The van der Waals surface area contributed by atoms with Crippen LogP contribution in [0, 0.1) is 5.92 Å². The molecule has 1 unspecified atom stereocenters. The molecule has 21 heavy (non-hydrogen) atoms. The monoisotopic (exact) mass is 289 g/mol. The number of nitrogens with one attached hydrogen (secondary N) is 2. The minimum absolute atomic E-state index is 0.0438. The summed E-state index contributed by atoms with van der Waals surface area (Å²) in [5.74, 6) is -0.233. The Hall–Kier alpha value is -1.88. The second-order valence-electron chi connectivity index (χ2n) is 5.43. The Labute approximate surface area is 125 Å². The molecule has 0 radical (unpaired) electrons. The van der Waals surface area contributed by atoms with Gasteiger partial charge in [0.05, 0.1) is 0 Å². The summed E-state index contributed by atoms with van der Waals surface area (Å²) < 4.78 is 0. The first-order valence-corrected chi connectivity index (χ1v) is 7.45. The molecule has 2 rings (SSSR count). The molecule has 0 bridgehead atoms. The van der Waals surface area contributed by atoms with Gasteiger partial charge in [0.25, 0.3) is 0 Å². The molecule has 0 aliphatic carbocycles. The molecule has 1 aliphatic rings. The van der Waals surface area contributed by atoms with E-state index in [2.05, 4.69) is 10.6 Å². The van der Waals surface area contributed by atoms with E-state index in [-0.39, 0.29) is 17.7 Å². The second kappa shape index (κ2) is 7.22. The number of rotatable bonds is 5. The molecule has 5 nitrogen and oxygen atoms in total. The maximum absolute atomic E-state index is 12.3. The fraction of sp³-hybridized carbons (Fsp3) is 0.500. The molecule has 114 valence electrons. The molecule has 1 aliphatic heterocycles. The van der Waals surface area contributed by atoms with Crippen LogP contribution in [0.2, 0.25) is 0 Å². The van der Waals surface area contributed by atoms with E-state index in [0.29, 0.717) is 13.0 Å². The van der Waals surface area contributed by atoms with Crippen LogP contribution in [0.5, 0.6) is 0 Å². The fourth-order valence-electron chi connectivity index (χ4n) is 2.46. The van der Waals surface area contributed by atoms with Crippen LogP contribution >= 0.6 is 0 Å². The SMILES string of the molecule is CCNCc1ccccc1NC(=O)C1CCN(C)C(=O)C1. The third kappa shape index (κ3) is 4.04. The van der Waals surface area contributed by atoms with Crippen LogP contribution in [0.1, 0.15) is 25.3 Å². The summed E-state index contributed by atoms with van der Waals surface area (Å²) in [6.07, 6.45) is 1.03. The van der Waals surface area contributed by atoms with E-state index in [0.717, 1.165) is 30.8 Å². The predicted molar refractivity (Wildman–Crippen MR) is 82.8 cm³/mol.